The van der Waals surface area contributed by atoms with Gasteiger partial charge in [-0.3, -0.25) is 0 Å². The summed E-state index contributed by atoms with van der Waals surface area (Å²) in [5.41, 5.74) is 2.08. The van der Waals surface area contributed by atoms with Crippen molar-refractivity contribution < 1.29 is 4.74 Å². The van der Waals surface area contributed by atoms with Gasteiger partial charge in [0, 0.05) is 30.7 Å². The maximum atomic E-state index is 5.85. The van der Waals surface area contributed by atoms with Crippen molar-refractivity contribution in [2.24, 2.45) is 0 Å². The predicted octanol–water partition coefficient (Wildman–Crippen LogP) is 1.41. The molecular formula is C15H19N5O. The predicted molar refractivity (Wildman–Crippen MR) is 79.1 cm³/mol. The van der Waals surface area contributed by atoms with Gasteiger partial charge in [0.1, 0.15) is 18.5 Å². The van der Waals surface area contributed by atoms with Crippen LogP contribution < -0.4 is 4.90 Å². The fourth-order valence-electron chi connectivity index (χ4n) is 2.53. The number of hydrogen-bond acceptors (Lipinski definition) is 6. The van der Waals surface area contributed by atoms with Crippen molar-refractivity contribution in [2.45, 2.75) is 25.9 Å². The lowest BCUT2D eigenvalue weighted by Crippen LogP contribution is -2.43. The lowest BCUT2D eigenvalue weighted by molar-refractivity contribution is 0.0350. The number of ether oxygens (including phenoxy) is 1. The van der Waals surface area contributed by atoms with Gasteiger partial charge >= 0.3 is 0 Å². The molecule has 2 aromatic heterocycles. The van der Waals surface area contributed by atoms with Gasteiger partial charge in [0.05, 0.1) is 12.7 Å². The second-order valence-electron chi connectivity index (χ2n) is 5.20. The normalized spacial score (nSPS) is 18.7. The Morgan fingerprint density at radius 3 is 3.05 bits per heavy atom. The van der Waals surface area contributed by atoms with Gasteiger partial charge in [-0.2, -0.15) is 0 Å². The van der Waals surface area contributed by atoms with Gasteiger partial charge in [-0.15, -0.1) is 0 Å². The number of anilines is 1. The third-order valence-corrected chi connectivity index (χ3v) is 3.61. The fraction of sp³-hybridized carbons (Fsp3) is 0.467. The molecule has 1 saturated heterocycles. The molecule has 0 spiro atoms. The molecule has 110 valence electrons. The van der Waals surface area contributed by atoms with Crippen LogP contribution in [0, 0.1) is 6.92 Å². The van der Waals surface area contributed by atoms with E-state index in [9.17, 15) is 0 Å². The molecule has 1 fully saturated rings. The van der Waals surface area contributed by atoms with E-state index in [0.717, 1.165) is 49.7 Å². The zero-order chi connectivity index (χ0) is 14.5. The Morgan fingerprint density at radius 1 is 1.29 bits per heavy atom. The Labute approximate surface area is 124 Å². The molecule has 1 aliphatic heterocycles. The summed E-state index contributed by atoms with van der Waals surface area (Å²) in [5, 5.41) is 0. The smallest absolute Gasteiger partial charge is 0.132 e. The molecular weight excluding hydrogens is 266 g/mol. The van der Waals surface area contributed by atoms with E-state index < -0.39 is 0 Å². The summed E-state index contributed by atoms with van der Waals surface area (Å²) >= 11 is 0. The first-order valence-corrected chi connectivity index (χ1v) is 7.21. The van der Waals surface area contributed by atoms with Crippen LogP contribution in [-0.2, 0) is 11.2 Å². The third-order valence-electron chi connectivity index (χ3n) is 3.61. The van der Waals surface area contributed by atoms with Crippen LogP contribution in [0.25, 0.3) is 0 Å². The van der Waals surface area contributed by atoms with E-state index in [0.29, 0.717) is 0 Å². The van der Waals surface area contributed by atoms with Crippen LogP contribution >= 0.6 is 0 Å². The van der Waals surface area contributed by atoms with Crippen molar-refractivity contribution in [3.8, 4) is 0 Å². The van der Waals surface area contributed by atoms with Gasteiger partial charge in [0.15, 0.2) is 0 Å². The van der Waals surface area contributed by atoms with Gasteiger partial charge in [0.2, 0.25) is 0 Å². The van der Waals surface area contributed by atoms with E-state index in [4.69, 9.17) is 4.74 Å². The summed E-state index contributed by atoms with van der Waals surface area (Å²) < 4.78 is 5.85. The summed E-state index contributed by atoms with van der Waals surface area (Å²) in [5.74, 6) is 0.969. The highest BCUT2D eigenvalue weighted by Crippen LogP contribution is 2.16. The Kier molecular flexibility index (Phi) is 4.35. The zero-order valence-corrected chi connectivity index (χ0v) is 12.1. The Morgan fingerprint density at radius 2 is 2.24 bits per heavy atom. The molecule has 0 N–H and O–H groups in total. The summed E-state index contributed by atoms with van der Waals surface area (Å²) in [6.45, 7) is 4.46. The summed E-state index contributed by atoms with van der Waals surface area (Å²) in [7, 11) is 0. The van der Waals surface area contributed by atoms with Crippen LogP contribution in [-0.4, -0.2) is 45.7 Å². The van der Waals surface area contributed by atoms with Crippen LogP contribution in [0.2, 0.25) is 0 Å². The van der Waals surface area contributed by atoms with Crippen molar-refractivity contribution in [3.05, 3.63) is 42.4 Å². The van der Waals surface area contributed by atoms with E-state index >= 15 is 0 Å². The standard InChI is InChI=1S/C15H19N5O/c1-12-8-13(18-11-17-12)2-3-14-9-20(6-7-21-14)15-4-5-16-10-19-15/h4-5,8,10-11,14H,2-3,6-7,9H2,1H3. The van der Waals surface area contributed by atoms with Crippen LogP contribution in [0.4, 0.5) is 5.82 Å². The molecule has 0 radical (unpaired) electrons. The van der Waals surface area contributed by atoms with Crippen LogP contribution in [0.1, 0.15) is 17.8 Å². The Balaban J connectivity index is 1.57. The fourth-order valence-corrected chi connectivity index (χ4v) is 2.53. The van der Waals surface area contributed by atoms with Crippen LogP contribution in [0.5, 0.6) is 0 Å². The third kappa shape index (κ3) is 3.72. The van der Waals surface area contributed by atoms with Gasteiger partial charge in [-0.05, 0) is 31.9 Å². The molecule has 1 unspecified atom stereocenters. The van der Waals surface area contributed by atoms with Crippen LogP contribution in [0.15, 0.2) is 31.0 Å². The Hall–Kier alpha value is -2.08. The quantitative estimate of drug-likeness (QED) is 0.846. The summed E-state index contributed by atoms with van der Waals surface area (Å²) in [4.78, 5) is 18.9. The first-order valence-electron chi connectivity index (χ1n) is 7.21. The highest BCUT2D eigenvalue weighted by Gasteiger charge is 2.21. The summed E-state index contributed by atoms with van der Waals surface area (Å²) in [6.07, 6.45) is 7.06. The summed E-state index contributed by atoms with van der Waals surface area (Å²) in [6, 6.07) is 3.97. The van der Waals surface area contributed by atoms with E-state index in [-0.39, 0.29) is 6.10 Å². The average molecular weight is 285 g/mol. The zero-order valence-electron chi connectivity index (χ0n) is 12.1. The van der Waals surface area contributed by atoms with Crippen LogP contribution in [0.3, 0.4) is 0 Å². The largest absolute Gasteiger partial charge is 0.375 e. The number of aryl methyl sites for hydroxylation is 2. The number of nitrogens with zero attached hydrogens (tertiary/aromatic N) is 5. The lowest BCUT2D eigenvalue weighted by Gasteiger charge is -2.33. The second-order valence-corrected chi connectivity index (χ2v) is 5.20. The van der Waals surface area contributed by atoms with Crippen molar-refractivity contribution in [3.63, 3.8) is 0 Å². The lowest BCUT2D eigenvalue weighted by atomic mass is 10.1. The number of hydrogen-bond donors (Lipinski definition) is 0. The van der Waals surface area contributed by atoms with Crippen molar-refractivity contribution in [2.75, 3.05) is 24.6 Å². The molecule has 3 heterocycles. The number of aromatic nitrogens is 4. The molecule has 6 heteroatoms. The van der Waals surface area contributed by atoms with Gasteiger partial charge in [-0.1, -0.05) is 0 Å². The first kappa shape index (κ1) is 13.9. The minimum absolute atomic E-state index is 0.212. The maximum absolute atomic E-state index is 5.85. The monoisotopic (exact) mass is 285 g/mol. The van der Waals surface area contributed by atoms with Crippen molar-refractivity contribution in [1.29, 1.82) is 0 Å². The van der Waals surface area contributed by atoms with Crippen molar-refractivity contribution in [1.82, 2.24) is 19.9 Å². The topological polar surface area (TPSA) is 64.0 Å². The molecule has 2 aromatic rings. The molecule has 0 amide bonds. The number of rotatable bonds is 4. The molecule has 6 nitrogen and oxygen atoms in total. The molecule has 0 bridgehead atoms. The number of morpholine rings is 1. The van der Waals surface area contributed by atoms with Crippen molar-refractivity contribution >= 4 is 5.82 Å². The van der Waals surface area contributed by atoms with E-state index in [1.165, 1.54) is 0 Å². The molecule has 1 aliphatic rings. The minimum Gasteiger partial charge on any atom is -0.375 e. The van der Waals surface area contributed by atoms with E-state index in [1.54, 1.807) is 18.9 Å². The highest BCUT2D eigenvalue weighted by atomic mass is 16.5. The SMILES string of the molecule is Cc1cc(CCC2CN(c3ccncn3)CCO2)ncn1. The molecule has 0 aliphatic carbocycles. The second kappa shape index (κ2) is 6.58. The van der Waals surface area contributed by atoms with Gasteiger partial charge < -0.3 is 9.64 Å². The van der Waals surface area contributed by atoms with Gasteiger partial charge in [0.25, 0.3) is 0 Å². The molecule has 21 heavy (non-hydrogen) atoms. The first-order chi connectivity index (χ1) is 10.3. The minimum atomic E-state index is 0.212. The molecule has 3 rings (SSSR count). The van der Waals surface area contributed by atoms with Gasteiger partial charge in [-0.25, -0.2) is 19.9 Å². The Bertz CT molecular complexity index is 577. The highest BCUT2D eigenvalue weighted by molar-refractivity contribution is 5.37. The molecule has 1 atom stereocenters. The molecule has 0 aromatic carbocycles. The van der Waals surface area contributed by atoms with E-state index in [1.807, 2.05) is 19.1 Å². The van der Waals surface area contributed by atoms with E-state index in [2.05, 4.69) is 24.8 Å². The molecule has 0 saturated carbocycles. The average Bonchev–Trinajstić information content (AvgIpc) is 2.54. The maximum Gasteiger partial charge on any atom is 0.132 e.